The van der Waals surface area contributed by atoms with Crippen LogP contribution in [0.2, 0.25) is 5.02 Å². The normalized spacial score (nSPS) is 10.3. The van der Waals surface area contributed by atoms with Gasteiger partial charge in [0, 0.05) is 12.1 Å². The molecule has 6 heteroatoms. The van der Waals surface area contributed by atoms with Crippen LogP contribution in [0.5, 0.6) is 11.6 Å². The molecular weight excluding hydrogens is 245 g/mol. The molecule has 0 amide bonds. The third-order valence-electron chi connectivity index (χ3n) is 2.12. The zero-order chi connectivity index (χ0) is 12.3. The van der Waals surface area contributed by atoms with Crippen molar-refractivity contribution in [1.82, 2.24) is 9.97 Å². The lowest BCUT2D eigenvalue weighted by molar-refractivity contribution is 0.449. The Morgan fingerprint density at radius 2 is 2.24 bits per heavy atom. The highest BCUT2D eigenvalue weighted by Gasteiger charge is 2.11. The predicted molar refractivity (Wildman–Crippen MR) is 61.4 cm³/mol. The van der Waals surface area contributed by atoms with Crippen LogP contribution in [-0.4, -0.2) is 9.97 Å². The summed E-state index contributed by atoms with van der Waals surface area (Å²) in [7, 11) is 0. The molecule has 17 heavy (non-hydrogen) atoms. The number of nitrogens with zero attached hydrogens (tertiary/aromatic N) is 2. The molecule has 0 fully saturated rings. The Balaban J connectivity index is 2.37. The minimum absolute atomic E-state index is 0.0324. The van der Waals surface area contributed by atoms with Gasteiger partial charge in [-0.15, -0.1) is 0 Å². The summed E-state index contributed by atoms with van der Waals surface area (Å²) in [6.45, 7) is 0.0324. The lowest BCUT2D eigenvalue weighted by atomic mass is 10.2. The lowest BCUT2D eigenvalue weighted by Gasteiger charge is -2.10. The van der Waals surface area contributed by atoms with E-state index in [1.807, 2.05) is 0 Å². The summed E-state index contributed by atoms with van der Waals surface area (Å²) in [6.07, 6.45) is 2.69. The van der Waals surface area contributed by atoms with E-state index in [0.717, 1.165) is 0 Å². The second-order valence-electron chi connectivity index (χ2n) is 3.20. The number of benzene rings is 1. The van der Waals surface area contributed by atoms with E-state index < -0.39 is 5.82 Å². The highest BCUT2D eigenvalue weighted by Crippen LogP contribution is 2.29. The van der Waals surface area contributed by atoms with Crippen molar-refractivity contribution in [3.63, 3.8) is 0 Å². The molecule has 1 heterocycles. The molecule has 1 aromatic carbocycles. The van der Waals surface area contributed by atoms with Gasteiger partial charge < -0.3 is 10.5 Å². The number of hydrogen-bond donors (Lipinski definition) is 1. The molecule has 2 N–H and O–H groups in total. The molecule has 0 spiro atoms. The fourth-order valence-corrected chi connectivity index (χ4v) is 1.46. The molecule has 0 aliphatic carbocycles. The minimum Gasteiger partial charge on any atom is -0.437 e. The van der Waals surface area contributed by atoms with Crippen LogP contribution in [0.4, 0.5) is 4.39 Å². The Bertz CT molecular complexity index is 536. The van der Waals surface area contributed by atoms with E-state index >= 15 is 0 Å². The van der Waals surface area contributed by atoms with Gasteiger partial charge >= 0.3 is 0 Å². The van der Waals surface area contributed by atoms with Crippen molar-refractivity contribution < 1.29 is 9.13 Å². The van der Waals surface area contributed by atoms with Gasteiger partial charge in [0.05, 0.1) is 6.20 Å². The number of hydrogen-bond acceptors (Lipinski definition) is 4. The fourth-order valence-electron chi connectivity index (χ4n) is 1.31. The van der Waals surface area contributed by atoms with Crippen molar-refractivity contribution in [3.05, 3.63) is 47.1 Å². The summed E-state index contributed by atoms with van der Waals surface area (Å²) < 4.78 is 18.8. The Kier molecular flexibility index (Phi) is 3.51. The zero-order valence-electron chi connectivity index (χ0n) is 8.73. The molecule has 0 radical (unpaired) electrons. The first-order chi connectivity index (χ1) is 8.22. The molecule has 0 saturated heterocycles. The van der Waals surface area contributed by atoms with Crippen LogP contribution in [-0.2, 0) is 6.54 Å². The molecule has 0 saturated carbocycles. The number of rotatable bonds is 3. The van der Waals surface area contributed by atoms with Crippen LogP contribution in [0.25, 0.3) is 0 Å². The lowest BCUT2D eigenvalue weighted by Crippen LogP contribution is -2.03. The fraction of sp³-hybridized carbons (Fsp3) is 0.0909. The highest BCUT2D eigenvalue weighted by atomic mass is 35.5. The standard InChI is InChI=1S/C11H9ClFN3O/c12-8-5-15-6-16-11(8)17-10-3-1-2-9(13)7(10)4-14/h1-3,5-6H,4,14H2. The van der Waals surface area contributed by atoms with Crippen LogP contribution < -0.4 is 10.5 Å². The Labute approximate surface area is 102 Å². The van der Waals surface area contributed by atoms with Gasteiger partial charge in [0.15, 0.2) is 0 Å². The first-order valence-electron chi connectivity index (χ1n) is 4.83. The van der Waals surface area contributed by atoms with Gasteiger partial charge in [-0.2, -0.15) is 0 Å². The topological polar surface area (TPSA) is 61.0 Å². The molecule has 0 unspecified atom stereocenters. The largest absolute Gasteiger partial charge is 0.437 e. The third kappa shape index (κ3) is 2.51. The maximum absolute atomic E-state index is 13.4. The van der Waals surface area contributed by atoms with Crippen molar-refractivity contribution in [3.8, 4) is 11.6 Å². The van der Waals surface area contributed by atoms with E-state index in [2.05, 4.69) is 9.97 Å². The average Bonchev–Trinajstić information content (AvgIpc) is 2.32. The number of halogens is 2. The molecule has 2 rings (SSSR count). The van der Waals surface area contributed by atoms with E-state index in [4.69, 9.17) is 22.1 Å². The number of ether oxygens (including phenoxy) is 1. The highest BCUT2D eigenvalue weighted by molar-refractivity contribution is 6.31. The number of nitrogens with two attached hydrogens (primary N) is 1. The maximum Gasteiger partial charge on any atom is 0.241 e. The molecule has 1 aromatic heterocycles. The Hall–Kier alpha value is -1.72. The van der Waals surface area contributed by atoms with Crippen molar-refractivity contribution in [2.75, 3.05) is 0 Å². The van der Waals surface area contributed by atoms with Crippen LogP contribution in [0, 0.1) is 5.82 Å². The van der Waals surface area contributed by atoms with Gasteiger partial charge in [-0.25, -0.2) is 14.4 Å². The quantitative estimate of drug-likeness (QED) is 0.913. The van der Waals surface area contributed by atoms with Crippen LogP contribution in [0.3, 0.4) is 0 Å². The summed E-state index contributed by atoms with van der Waals surface area (Å²) in [4.78, 5) is 7.57. The van der Waals surface area contributed by atoms with Gasteiger partial charge in [-0.05, 0) is 12.1 Å². The van der Waals surface area contributed by atoms with Gasteiger partial charge in [-0.1, -0.05) is 17.7 Å². The van der Waals surface area contributed by atoms with E-state index in [0.29, 0.717) is 5.75 Å². The molecule has 0 atom stereocenters. The third-order valence-corrected chi connectivity index (χ3v) is 2.38. The van der Waals surface area contributed by atoms with E-state index in [1.165, 1.54) is 24.7 Å². The van der Waals surface area contributed by atoms with Gasteiger partial charge in [0.1, 0.15) is 22.9 Å². The first kappa shape index (κ1) is 11.8. The molecular formula is C11H9ClFN3O. The van der Waals surface area contributed by atoms with Gasteiger partial charge in [0.2, 0.25) is 5.88 Å². The minimum atomic E-state index is -0.421. The monoisotopic (exact) mass is 253 g/mol. The smallest absolute Gasteiger partial charge is 0.241 e. The van der Waals surface area contributed by atoms with E-state index in [-0.39, 0.29) is 23.0 Å². The van der Waals surface area contributed by atoms with E-state index in [1.54, 1.807) is 6.07 Å². The Morgan fingerprint density at radius 3 is 2.94 bits per heavy atom. The molecule has 0 bridgehead atoms. The number of aromatic nitrogens is 2. The summed E-state index contributed by atoms with van der Waals surface area (Å²) in [5.74, 6) is 0.0465. The summed E-state index contributed by atoms with van der Waals surface area (Å²) in [6, 6.07) is 4.44. The zero-order valence-corrected chi connectivity index (χ0v) is 9.49. The molecule has 0 aliphatic heterocycles. The van der Waals surface area contributed by atoms with Crippen molar-refractivity contribution in [1.29, 1.82) is 0 Å². The molecule has 2 aromatic rings. The summed E-state index contributed by atoms with van der Waals surface area (Å²) in [5.41, 5.74) is 5.74. The van der Waals surface area contributed by atoms with E-state index in [9.17, 15) is 4.39 Å². The second kappa shape index (κ2) is 5.07. The van der Waals surface area contributed by atoms with Crippen LogP contribution >= 0.6 is 11.6 Å². The van der Waals surface area contributed by atoms with Crippen molar-refractivity contribution in [2.24, 2.45) is 5.73 Å². The van der Waals surface area contributed by atoms with Crippen LogP contribution in [0.15, 0.2) is 30.7 Å². The molecule has 4 nitrogen and oxygen atoms in total. The van der Waals surface area contributed by atoms with Gasteiger partial charge in [0.25, 0.3) is 0 Å². The van der Waals surface area contributed by atoms with Crippen molar-refractivity contribution >= 4 is 11.6 Å². The molecule has 0 aliphatic rings. The first-order valence-corrected chi connectivity index (χ1v) is 5.21. The summed E-state index contributed by atoms with van der Waals surface area (Å²) >= 11 is 5.83. The Morgan fingerprint density at radius 1 is 1.41 bits per heavy atom. The second-order valence-corrected chi connectivity index (χ2v) is 3.61. The SMILES string of the molecule is NCc1c(F)cccc1Oc1ncncc1Cl. The van der Waals surface area contributed by atoms with Crippen LogP contribution in [0.1, 0.15) is 5.56 Å². The predicted octanol–water partition coefficient (Wildman–Crippen LogP) is 2.52. The van der Waals surface area contributed by atoms with Crippen molar-refractivity contribution in [2.45, 2.75) is 6.54 Å². The maximum atomic E-state index is 13.4. The average molecular weight is 254 g/mol. The van der Waals surface area contributed by atoms with Gasteiger partial charge in [-0.3, -0.25) is 0 Å². The molecule has 88 valence electrons. The summed E-state index contributed by atoms with van der Waals surface area (Å²) in [5, 5.41) is 0.250.